The third-order valence-corrected chi connectivity index (χ3v) is 4.07. The van der Waals surface area contributed by atoms with E-state index in [9.17, 15) is 9.59 Å². The van der Waals surface area contributed by atoms with Gasteiger partial charge in [-0.2, -0.15) is 11.8 Å². The summed E-state index contributed by atoms with van der Waals surface area (Å²) in [7, 11) is 1.94. The number of hydrogen-bond acceptors (Lipinski definition) is 5. The zero-order valence-electron chi connectivity index (χ0n) is 10.8. The summed E-state index contributed by atoms with van der Waals surface area (Å²) in [5.41, 5.74) is 0. The minimum atomic E-state index is -0.596. The highest BCUT2D eigenvalue weighted by Gasteiger charge is 2.35. The first kappa shape index (κ1) is 14.5. The highest BCUT2D eigenvalue weighted by Crippen LogP contribution is 2.20. The average molecular weight is 259 g/mol. The summed E-state index contributed by atoms with van der Waals surface area (Å²) in [5.74, 6) is 0.882. The molecule has 1 fully saturated rings. The van der Waals surface area contributed by atoms with Crippen molar-refractivity contribution in [1.29, 1.82) is 0 Å². The van der Waals surface area contributed by atoms with Crippen LogP contribution in [0.3, 0.4) is 0 Å². The summed E-state index contributed by atoms with van der Waals surface area (Å²) in [4.78, 5) is 26.0. The smallest absolute Gasteiger partial charge is 0.316 e. The molecule has 1 heterocycles. The zero-order chi connectivity index (χ0) is 12.8. The lowest BCUT2D eigenvalue weighted by Gasteiger charge is -2.32. The summed E-state index contributed by atoms with van der Waals surface area (Å²) < 4.78 is 4.96. The predicted molar refractivity (Wildman–Crippen MR) is 69.2 cm³/mol. The van der Waals surface area contributed by atoms with Crippen LogP contribution in [0.4, 0.5) is 0 Å². The van der Waals surface area contributed by atoms with E-state index in [0.29, 0.717) is 13.0 Å². The van der Waals surface area contributed by atoms with Crippen LogP contribution in [0.15, 0.2) is 0 Å². The van der Waals surface area contributed by atoms with Crippen molar-refractivity contribution in [2.45, 2.75) is 26.3 Å². The summed E-state index contributed by atoms with van der Waals surface area (Å²) in [6.07, 6.45) is 0.521. The minimum Gasteiger partial charge on any atom is -0.465 e. The number of thioether (sulfide) groups is 1. The predicted octanol–water partition coefficient (Wildman–Crippen LogP) is 1.19. The Morgan fingerprint density at radius 3 is 2.71 bits per heavy atom. The van der Waals surface area contributed by atoms with Gasteiger partial charge in [-0.15, -0.1) is 0 Å². The molecule has 0 radical (unpaired) electrons. The van der Waals surface area contributed by atoms with Crippen LogP contribution in [0.25, 0.3) is 0 Å². The fraction of sp³-hybridized carbons (Fsp3) is 0.833. The van der Waals surface area contributed by atoms with E-state index in [1.54, 1.807) is 18.7 Å². The third kappa shape index (κ3) is 3.71. The number of likely N-dealkylation sites (N-methyl/N-ethyl adjacent to an activating group) is 1. The molecule has 1 aliphatic rings. The van der Waals surface area contributed by atoms with Crippen LogP contribution in [-0.4, -0.2) is 54.4 Å². The monoisotopic (exact) mass is 259 g/mol. The van der Waals surface area contributed by atoms with E-state index in [4.69, 9.17) is 4.74 Å². The Kier molecular flexibility index (Phi) is 5.98. The first-order valence-electron chi connectivity index (χ1n) is 6.10. The Hall–Kier alpha value is -0.550. The largest absolute Gasteiger partial charge is 0.465 e. The number of ketones is 1. The molecule has 0 spiro atoms. The minimum absolute atomic E-state index is 0.0145. The van der Waals surface area contributed by atoms with Crippen LogP contribution >= 0.6 is 11.8 Å². The first-order valence-corrected chi connectivity index (χ1v) is 7.25. The Labute approximate surface area is 107 Å². The highest BCUT2D eigenvalue weighted by molar-refractivity contribution is 7.99. The molecule has 0 aromatic heterocycles. The van der Waals surface area contributed by atoms with Crippen LogP contribution in [0.1, 0.15) is 20.3 Å². The molecular weight excluding hydrogens is 238 g/mol. The van der Waals surface area contributed by atoms with Gasteiger partial charge in [0.2, 0.25) is 0 Å². The summed E-state index contributed by atoms with van der Waals surface area (Å²) in [6.45, 7) is 4.85. The van der Waals surface area contributed by atoms with E-state index in [-0.39, 0.29) is 17.8 Å². The maximum Gasteiger partial charge on any atom is 0.316 e. The summed E-state index contributed by atoms with van der Waals surface area (Å²) in [6, 6.07) is -0.136. The second kappa shape index (κ2) is 7.01. The molecule has 0 aliphatic carbocycles. The lowest BCUT2D eigenvalue weighted by molar-refractivity contribution is -0.152. The third-order valence-electron chi connectivity index (χ3n) is 3.05. The molecule has 1 saturated heterocycles. The highest BCUT2D eigenvalue weighted by atomic mass is 32.2. The van der Waals surface area contributed by atoms with E-state index in [2.05, 4.69) is 0 Å². The van der Waals surface area contributed by atoms with E-state index >= 15 is 0 Å². The fourth-order valence-electron chi connectivity index (χ4n) is 1.95. The van der Waals surface area contributed by atoms with Crippen LogP contribution in [0.2, 0.25) is 0 Å². The number of hydrogen-bond donors (Lipinski definition) is 0. The van der Waals surface area contributed by atoms with Gasteiger partial charge in [-0.25, -0.2) is 0 Å². The van der Waals surface area contributed by atoms with Gasteiger partial charge in [-0.1, -0.05) is 6.92 Å². The molecule has 17 heavy (non-hydrogen) atoms. The van der Waals surface area contributed by atoms with Crippen molar-refractivity contribution in [3.8, 4) is 0 Å². The van der Waals surface area contributed by atoms with Gasteiger partial charge in [0.25, 0.3) is 0 Å². The van der Waals surface area contributed by atoms with Gasteiger partial charge in [0.05, 0.1) is 12.6 Å². The van der Waals surface area contributed by atoms with Crippen molar-refractivity contribution < 1.29 is 14.3 Å². The normalized spacial score (nSPS) is 23.1. The van der Waals surface area contributed by atoms with Crippen LogP contribution < -0.4 is 0 Å². The average Bonchev–Trinajstić information content (AvgIpc) is 2.30. The number of nitrogens with zero attached hydrogens (tertiary/aromatic N) is 1. The Morgan fingerprint density at radius 2 is 2.18 bits per heavy atom. The van der Waals surface area contributed by atoms with Crippen LogP contribution in [0.5, 0.6) is 0 Å². The van der Waals surface area contributed by atoms with Crippen molar-refractivity contribution >= 4 is 23.5 Å². The van der Waals surface area contributed by atoms with Gasteiger partial charge in [-0.3, -0.25) is 14.5 Å². The number of carbonyl (C=O) groups excluding carboxylic acids is 2. The summed E-state index contributed by atoms with van der Waals surface area (Å²) in [5, 5.41) is 0. The maximum atomic E-state index is 12.3. The Morgan fingerprint density at radius 1 is 1.47 bits per heavy atom. The van der Waals surface area contributed by atoms with Gasteiger partial charge in [-0.05, 0) is 20.4 Å². The van der Waals surface area contributed by atoms with E-state index in [1.165, 1.54) is 0 Å². The quantitative estimate of drug-likeness (QED) is 0.548. The van der Waals surface area contributed by atoms with E-state index in [1.807, 2.05) is 18.9 Å². The lowest BCUT2D eigenvalue weighted by Crippen LogP contribution is -2.48. The molecule has 2 unspecified atom stereocenters. The standard InChI is InChI=1S/C12H21NO3S/c1-4-9(12(15)16-5-2)11(14)10-8-17-7-6-13(10)3/h9-10H,4-8H2,1-3H3. The molecule has 5 heteroatoms. The molecule has 1 aliphatic heterocycles. The van der Waals surface area contributed by atoms with Gasteiger partial charge >= 0.3 is 5.97 Å². The van der Waals surface area contributed by atoms with E-state index < -0.39 is 5.92 Å². The maximum absolute atomic E-state index is 12.3. The van der Waals surface area contributed by atoms with Crippen molar-refractivity contribution in [2.24, 2.45) is 5.92 Å². The van der Waals surface area contributed by atoms with Crippen molar-refractivity contribution in [1.82, 2.24) is 4.90 Å². The first-order chi connectivity index (χ1) is 8.11. The number of Topliss-reactive ketones (excluding diaryl/α,β-unsaturated/α-hetero) is 1. The molecule has 0 aromatic carbocycles. The SMILES string of the molecule is CCOC(=O)C(CC)C(=O)C1CSCCN1C. The van der Waals surface area contributed by atoms with Gasteiger partial charge < -0.3 is 4.74 Å². The molecule has 0 N–H and O–H groups in total. The van der Waals surface area contributed by atoms with E-state index in [0.717, 1.165) is 18.1 Å². The number of rotatable bonds is 5. The number of esters is 1. The van der Waals surface area contributed by atoms with Gasteiger partial charge in [0.15, 0.2) is 5.78 Å². The van der Waals surface area contributed by atoms with Crippen molar-refractivity contribution in [3.05, 3.63) is 0 Å². The molecule has 0 saturated carbocycles. The Bertz CT molecular complexity index is 283. The second-order valence-corrected chi connectivity index (χ2v) is 5.34. The van der Waals surface area contributed by atoms with Gasteiger partial charge in [0, 0.05) is 18.1 Å². The Balaban J connectivity index is 2.67. The number of carbonyl (C=O) groups is 2. The second-order valence-electron chi connectivity index (χ2n) is 4.19. The molecular formula is C12H21NO3S. The molecule has 0 aromatic rings. The topological polar surface area (TPSA) is 46.6 Å². The van der Waals surface area contributed by atoms with Crippen LogP contribution in [-0.2, 0) is 14.3 Å². The fourth-order valence-corrected chi connectivity index (χ4v) is 3.17. The zero-order valence-corrected chi connectivity index (χ0v) is 11.6. The molecule has 2 atom stereocenters. The molecule has 4 nitrogen and oxygen atoms in total. The molecule has 0 amide bonds. The molecule has 98 valence electrons. The van der Waals surface area contributed by atoms with Crippen LogP contribution in [0, 0.1) is 5.92 Å². The summed E-state index contributed by atoms with van der Waals surface area (Å²) >= 11 is 1.77. The van der Waals surface area contributed by atoms with Crippen molar-refractivity contribution in [3.63, 3.8) is 0 Å². The molecule has 1 rings (SSSR count). The number of ether oxygens (including phenoxy) is 1. The lowest BCUT2D eigenvalue weighted by atomic mass is 9.95. The van der Waals surface area contributed by atoms with Crippen molar-refractivity contribution in [2.75, 3.05) is 31.7 Å². The van der Waals surface area contributed by atoms with Gasteiger partial charge in [0.1, 0.15) is 5.92 Å². The molecule has 0 bridgehead atoms.